The van der Waals surface area contributed by atoms with Crippen molar-refractivity contribution in [3.05, 3.63) is 53.6 Å². The van der Waals surface area contributed by atoms with Crippen LogP contribution in [0.2, 0.25) is 0 Å². The number of carbonyl (C=O) groups excluding carboxylic acids is 1. The van der Waals surface area contributed by atoms with Crippen molar-refractivity contribution < 1.29 is 27.8 Å². The summed E-state index contributed by atoms with van der Waals surface area (Å²) >= 11 is 0. The third kappa shape index (κ3) is 5.03. The zero-order chi connectivity index (χ0) is 20.1. The molecule has 0 spiro atoms. The van der Waals surface area contributed by atoms with Crippen LogP contribution in [0.3, 0.4) is 0 Å². The predicted octanol–water partition coefficient (Wildman–Crippen LogP) is 3.96. The number of alkyl halides is 2. The lowest BCUT2D eigenvalue weighted by Crippen LogP contribution is -2.38. The SMILES string of the molecule is CC(NC(=O)N(C)Cc1ccc2c(c1)OCCO2)c1ccc(OC(F)F)cc1. The molecule has 0 fully saturated rings. The molecule has 1 atom stereocenters. The lowest BCUT2D eigenvalue weighted by molar-refractivity contribution is -0.0498. The highest BCUT2D eigenvalue weighted by Crippen LogP contribution is 2.31. The van der Waals surface area contributed by atoms with E-state index in [-0.39, 0.29) is 17.8 Å². The van der Waals surface area contributed by atoms with Crippen LogP contribution in [0.4, 0.5) is 13.6 Å². The number of halogens is 2. The first kappa shape index (κ1) is 19.7. The maximum atomic E-state index is 12.5. The number of hydrogen-bond donors (Lipinski definition) is 1. The molecule has 0 radical (unpaired) electrons. The minimum atomic E-state index is -2.86. The summed E-state index contributed by atoms with van der Waals surface area (Å²) in [7, 11) is 1.69. The first-order chi connectivity index (χ1) is 13.4. The molecule has 28 heavy (non-hydrogen) atoms. The number of amides is 2. The lowest BCUT2D eigenvalue weighted by atomic mass is 10.1. The first-order valence-electron chi connectivity index (χ1n) is 8.87. The van der Waals surface area contributed by atoms with Crippen LogP contribution in [0.15, 0.2) is 42.5 Å². The summed E-state index contributed by atoms with van der Waals surface area (Å²) in [5, 5.41) is 2.88. The van der Waals surface area contributed by atoms with Crippen molar-refractivity contribution in [3.63, 3.8) is 0 Å². The molecule has 8 heteroatoms. The predicted molar refractivity (Wildman–Crippen MR) is 98.9 cm³/mol. The standard InChI is InChI=1S/C20H22F2N2O4/c1-13(15-4-6-16(7-5-15)28-19(21)22)23-20(25)24(2)12-14-3-8-17-18(11-14)27-10-9-26-17/h3-8,11,13,19H,9-10,12H2,1-2H3,(H,23,25). The molecule has 1 aliphatic rings. The average Bonchev–Trinajstić information content (AvgIpc) is 2.67. The van der Waals surface area contributed by atoms with Gasteiger partial charge >= 0.3 is 12.6 Å². The number of urea groups is 1. The topological polar surface area (TPSA) is 60.0 Å². The number of benzene rings is 2. The van der Waals surface area contributed by atoms with Gasteiger partial charge in [0.1, 0.15) is 19.0 Å². The molecule has 6 nitrogen and oxygen atoms in total. The van der Waals surface area contributed by atoms with Crippen LogP contribution >= 0.6 is 0 Å². The Labute approximate surface area is 162 Å². The van der Waals surface area contributed by atoms with Crippen molar-refractivity contribution in [3.8, 4) is 17.2 Å². The van der Waals surface area contributed by atoms with Crippen LogP contribution in [-0.4, -0.2) is 37.8 Å². The number of rotatable bonds is 6. The molecule has 150 valence electrons. The summed E-state index contributed by atoms with van der Waals surface area (Å²) in [6.07, 6.45) is 0. The van der Waals surface area contributed by atoms with Gasteiger partial charge in [-0.2, -0.15) is 8.78 Å². The Morgan fingerprint density at radius 3 is 2.50 bits per heavy atom. The summed E-state index contributed by atoms with van der Waals surface area (Å²) < 4.78 is 39.8. The third-order valence-electron chi connectivity index (χ3n) is 4.32. The monoisotopic (exact) mass is 392 g/mol. The highest BCUT2D eigenvalue weighted by Gasteiger charge is 2.16. The Balaban J connectivity index is 1.56. The van der Waals surface area contributed by atoms with Gasteiger partial charge in [0, 0.05) is 13.6 Å². The lowest BCUT2D eigenvalue weighted by Gasteiger charge is -2.23. The van der Waals surface area contributed by atoms with Crippen LogP contribution in [-0.2, 0) is 6.54 Å². The fraction of sp³-hybridized carbons (Fsp3) is 0.350. The average molecular weight is 392 g/mol. The highest BCUT2D eigenvalue weighted by molar-refractivity contribution is 5.74. The number of fused-ring (bicyclic) bond motifs is 1. The minimum Gasteiger partial charge on any atom is -0.486 e. The summed E-state index contributed by atoms with van der Waals surface area (Å²) in [6, 6.07) is 11.2. The van der Waals surface area contributed by atoms with Crippen LogP contribution in [0, 0.1) is 0 Å². The molecule has 1 aliphatic heterocycles. The zero-order valence-corrected chi connectivity index (χ0v) is 15.7. The molecule has 2 aromatic rings. The van der Waals surface area contributed by atoms with Crippen molar-refractivity contribution >= 4 is 6.03 Å². The van der Waals surface area contributed by atoms with Crippen molar-refractivity contribution in [1.82, 2.24) is 10.2 Å². The van der Waals surface area contributed by atoms with Crippen molar-refractivity contribution in [2.45, 2.75) is 26.1 Å². The Hall–Kier alpha value is -3.03. The van der Waals surface area contributed by atoms with E-state index in [1.54, 1.807) is 24.1 Å². The van der Waals surface area contributed by atoms with E-state index in [0.717, 1.165) is 11.1 Å². The smallest absolute Gasteiger partial charge is 0.387 e. The van der Waals surface area contributed by atoms with Gasteiger partial charge < -0.3 is 24.4 Å². The largest absolute Gasteiger partial charge is 0.486 e. The number of nitrogens with zero attached hydrogens (tertiary/aromatic N) is 1. The first-order valence-corrected chi connectivity index (χ1v) is 8.87. The van der Waals surface area contributed by atoms with Gasteiger partial charge in [-0.05, 0) is 42.3 Å². The van der Waals surface area contributed by atoms with Gasteiger partial charge in [0.05, 0.1) is 6.04 Å². The Bertz CT molecular complexity index is 814. The zero-order valence-electron chi connectivity index (χ0n) is 15.7. The molecule has 0 saturated heterocycles. The van der Waals surface area contributed by atoms with E-state index < -0.39 is 6.61 Å². The maximum Gasteiger partial charge on any atom is 0.387 e. The molecule has 0 saturated carbocycles. The second-order valence-corrected chi connectivity index (χ2v) is 6.45. The Morgan fingerprint density at radius 2 is 1.82 bits per heavy atom. The normalized spacial score (nSPS) is 13.8. The van der Waals surface area contributed by atoms with Crippen molar-refractivity contribution in [2.24, 2.45) is 0 Å². The van der Waals surface area contributed by atoms with Crippen LogP contribution in [0.1, 0.15) is 24.1 Å². The fourth-order valence-corrected chi connectivity index (χ4v) is 2.85. The molecule has 0 aliphatic carbocycles. The van der Waals surface area contributed by atoms with Crippen LogP contribution < -0.4 is 19.5 Å². The number of hydrogen-bond acceptors (Lipinski definition) is 4. The summed E-state index contributed by atoms with van der Waals surface area (Å²) in [5.74, 6) is 1.46. The number of nitrogens with one attached hydrogen (secondary N) is 1. The minimum absolute atomic E-state index is 0.0769. The van der Waals surface area contributed by atoms with Gasteiger partial charge in [-0.25, -0.2) is 4.79 Å². The second kappa shape index (κ2) is 8.77. The van der Waals surface area contributed by atoms with Gasteiger partial charge in [0.15, 0.2) is 11.5 Å². The Morgan fingerprint density at radius 1 is 1.14 bits per heavy atom. The highest BCUT2D eigenvalue weighted by atomic mass is 19.3. The molecule has 1 N–H and O–H groups in total. The molecule has 2 aromatic carbocycles. The van der Waals surface area contributed by atoms with Crippen molar-refractivity contribution in [1.29, 1.82) is 0 Å². The van der Waals surface area contributed by atoms with Gasteiger partial charge in [-0.15, -0.1) is 0 Å². The van der Waals surface area contributed by atoms with Crippen LogP contribution in [0.25, 0.3) is 0 Å². The van der Waals surface area contributed by atoms with E-state index in [2.05, 4.69) is 10.1 Å². The summed E-state index contributed by atoms with van der Waals surface area (Å²) in [4.78, 5) is 14.0. The molecule has 3 rings (SSSR count). The van der Waals surface area contributed by atoms with E-state index in [1.807, 2.05) is 25.1 Å². The van der Waals surface area contributed by atoms with E-state index in [1.165, 1.54) is 12.1 Å². The van der Waals surface area contributed by atoms with E-state index in [4.69, 9.17) is 9.47 Å². The Kier molecular flexibility index (Phi) is 6.18. The van der Waals surface area contributed by atoms with Gasteiger partial charge in [0.25, 0.3) is 0 Å². The fourth-order valence-electron chi connectivity index (χ4n) is 2.85. The van der Waals surface area contributed by atoms with E-state index >= 15 is 0 Å². The second-order valence-electron chi connectivity index (χ2n) is 6.45. The van der Waals surface area contributed by atoms with Gasteiger partial charge in [-0.3, -0.25) is 0 Å². The molecular formula is C20H22F2N2O4. The quantitative estimate of drug-likeness (QED) is 0.808. The molecule has 1 unspecified atom stereocenters. The number of carbonyl (C=O) groups is 1. The van der Waals surface area contributed by atoms with E-state index in [0.29, 0.717) is 31.3 Å². The molecule has 0 bridgehead atoms. The molecule has 1 heterocycles. The van der Waals surface area contributed by atoms with Crippen LogP contribution in [0.5, 0.6) is 17.2 Å². The third-order valence-corrected chi connectivity index (χ3v) is 4.32. The summed E-state index contributed by atoms with van der Waals surface area (Å²) in [6.45, 7) is 0.389. The van der Waals surface area contributed by atoms with Crippen molar-refractivity contribution in [2.75, 3.05) is 20.3 Å². The number of ether oxygens (including phenoxy) is 3. The van der Waals surface area contributed by atoms with E-state index in [9.17, 15) is 13.6 Å². The molecular weight excluding hydrogens is 370 g/mol. The molecule has 0 aromatic heterocycles. The van der Waals surface area contributed by atoms with Gasteiger partial charge in [-0.1, -0.05) is 18.2 Å². The maximum absolute atomic E-state index is 12.5. The summed E-state index contributed by atoms with van der Waals surface area (Å²) in [5.41, 5.74) is 1.70. The molecule has 2 amide bonds. The van der Waals surface area contributed by atoms with Gasteiger partial charge in [0.2, 0.25) is 0 Å².